The molecule has 0 amide bonds. The minimum absolute atomic E-state index is 0.425. The number of hydrogen-bond acceptors (Lipinski definition) is 4. The summed E-state index contributed by atoms with van der Waals surface area (Å²) in [7, 11) is 1.65. The first kappa shape index (κ1) is 14.0. The average Bonchev–Trinajstić information content (AvgIpc) is 2.85. The van der Waals surface area contributed by atoms with Crippen molar-refractivity contribution < 1.29 is 4.74 Å². The van der Waals surface area contributed by atoms with Gasteiger partial charge in [-0.15, -0.1) is 5.10 Å². The molecular weight excluding hydrogens is 308 g/mol. The summed E-state index contributed by atoms with van der Waals surface area (Å²) in [5.74, 6) is 0.788. The van der Waals surface area contributed by atoms with Crippen LogP contribution in [0.3, 0.4) is 0 Å². The van der Waals surface area contributed by atoms with Crippen LogP contribution >= 0.6 is 15.9 Å². The Bertz CT molecular complexity index is 553. The molecule has 0 atom stereocenters. The number of ether oxygens (including phenoxy) is 1. The number of rotatable bonds is 5. The van der Waals surface area contributed by atoms with E-state index in [0.717, 1.165) is 21.6 Å². The molecule has 5 nitrogen and oxygen atoms in total. The van der Waals surface area contributed by atoms with Gasteiger partial charge in [0.05, 0.1) is 24.7 Å². The molecule has 19 heavy (non-hydrogen) atoms. The molecule has 0 spiro atoms. The molecule has 0 fully saturated rings. The lowest BCUT2D eigenvalue weighted by atomic mass is 10.3. The van der Waals surface area contributed by atoms with Gasteiger partial charge in [0.2, 0.25) is 0 Å². The van der Waals surface area contributed by atoms with E-state index in [0.29, 0.717) is 12.6 Å². The molecule has 0 aliphatic rings. The minimum atomic E-state index is 0.425. The van der Waals surface area contributed by atoms with Crippen molar-refractivity contribution >= 4 is 15.9 Å². The standard InChI is InChI=1S/C13H17BrN4O/c1-9(2)15-7-10-8-18(17-16-10)13-6-11(19-3)4-5-12(13)14/h4-6,8-9,15H,7H2,1-3H3. The summed E-state index contributed by atoms with van der Waals surface area (Å²) in [6.07, 6.45) is 1.91. The Balaban J connectivity index is 2.22. The predicted molar refractivity (Wildman–Crippen MR) is 77.6 cm³/mol. The summed E-state index contributed by atoms with van der Waals surface area (Å²) >= 11 is 3.51. The van der Waals surface area contributed by atoms with Crippen molar-refractivity contribution in [3.05, 3.63) is 34.6 Å². The van der Waals surface area contributed by atoms with Crippen LogP contribution in [0.25, 0.3) is 5.69 Å². The van der Waals surface area contributed by atoms with Gasteiger partial charge in [0.15, 0.2) is 0 Å². The van der Waals surface area contributed by atoms with Crippen molar-refractivity contribution in [2.24, 2.45) is 0 Å². The molecule has 2 aromatic rings. The molecule has 0 aliphatic heterocycles. The Morgan fingerprint density at radius 2 is 2.21 bits per heavy atom. The van der Waals surface area contributed by atoms with Crippen molar-refractivity contribution in [2.45, 2.75) is 26.4 Å². The van der Waals surface area contributed by atoms with Crippen molar-refractivity contribution in [3.63, 3.8) is 0 Å². The summed E-state index contributed by atoms with van der Waals surface area (Å²) in [4.78, 5) is 0. The largest absolute Gasteiger partial charge is 0.497 e. The van der Waals surface area contributed by atoms with E-state index in [-0.39, 0.29) is 0 Å². The van der Waals surface area contributed by atoms with Gasteiger partial charge in [-0.1, -0.05) is 19.1 Å². The molecule has 0 aliphatic carbocycles. The summed E-state index contributed by atoms with van der Waals surface area (Å²) in [5, 5.41) is 11.6. The van der Waals surface area contributed by atoms with Crippen LogP contribution < -0.4 is 10.1 Å². The number of methoxy groups -OCH3 is 1. The van der Waals surface area contributed by atoms with Gasteiger partial charge in [-0.3, -0.25) is 0 Å². The maximum atomic E-state index is 5.22. The van der Waals surface area contributed by atoms with Crippen molar-refractivity contribution in [1.29, 1.82) is 0 Å². The third-order valence-electron chi connectivity index (χ3n) is 2.63. The number of halogens is 1. The zero-order valence-electron chi connectivity index (χ0n) is 11.2. The Hall–Kier alpha value is -1.40. The van der Waals surface area contributed by atoms with E-state index in [1.807, 2.05) is 24.4 Å². The van der Waals surface area contributed by atoms with Gasteiger partial charge in [-0.2, -0.15) is 0 Å². The van der Waals surface area contributed by atoms with Gasteiger partial charge in [-0.25, -0.2) is 4.68 Å². The average molecular weight is 325 g/mol. The first-order chi connectivity index (χ1) is 9.10. The molecule has 0 saturated heterocycles. The van der Waals surface area contributed by atoms with E-state index in [2.05, 4.69) is 45.4 Å². The highest BCUT2D eigenvalue weighted by Gasteiger charge is 2.08. The fourth-order valence-corrected chi connectivity index (χ4v) is 2.03. The van der Waals surface area contributed by atoms with Gasteiger partial charge in [0.1, 0.15) is 5.75 Å². The number of aromatic nitrogens is 3. The zero-order chi connectivity index (χ0) is 13.8. The smallest absolute Gasteiger partial charge is 0.121 e. The maximum absolute atomic E-state index is 5.22. The van der Waals surface area contributed by atoms with Gasteiger partial charge >= 0.3 is 0 Å². The monoisotopic (exact) mass is 324 g/mol. The zero-order valence-corrected chi connectivity index (χ0v) is 12.8. The molecule has 2 rings (SSSR count). The van der Waals surface area contributed by atoms with E-state index >= 15 is 0 Å². The highest BCUT2D eigenvalue weighted by molar-refractivity contribution is 9.10. The normalized spacial score (nSPS) is 11.0. The predicted octanol–water partition coefficient (Wildman–Crippen LogP) is 2.54. The van der Waals surface area contributed by atoms with Crippen molar-refractivity contribution in [2.75, 3.05) is 7.11 Å². The molecule has 6 heteroatoms. The lowest BCUT2D eigenvalue weighted by molar-refractivity contribution is 0.414. The number of nitrogens with zero attached hydrogens (tertiary/aromatic N) is 3. The fourth-order valence-electron chi connectivity index (χ4n) is 1.60. The summed E-state index contributed by atoms with van der Waals surface area (Å²) in [6, 6.07) is 6.17. The number of hydrogen-bond donors (Lipinski definition) is 1. The maximum Gasteiger partial charge on any atom is 0.121 e. The van der Waals surface area contributed by atoms with Gasteiger partial charge in [0, 0.05) is 23.1 Å². The quantitative estimate of drug-likeness (QED) is 0.918. The van der Waals surface area contributed by atoms with E-state index in [4.69, 9.17) is 4.74 Å². The molecule has 1 aromatic heterocycles. The Morgan fingerprint density at radius 3 is 2.89 bits per heavy atom. The molecule has 0 radical (unpaired) electrons. The molecule has 0 unspecified atom stereocenters. The van der Waals surface area contributed by atoms with Gasteiger partial charge in [0.25, 0.3) is 0 Å². The second-order valence-corrected chi connectivity index (χ2v) is 5.36. The second-order valence-electron chi connectivity index (χ2n) is 4.51. The van der Waals surface area contributed by atoms with Crippen molar-refractivity contribution in [3.8, 4) is 11.4 Å². The molecule has 1 aromatic carbocycles. The van der Waals surface area contributed by atoms with Gasteiger partial charge in [-0.05, 0) is 28.1 Å². The van der Waals surface area contributed by atoms with Crippen LogP contribution in [0.4, 0.5) is 0 Å². The van der Waals surface area contributed by atoms with Crippen LogP contribution in [-0.4, -0.2) is 28.1 Å². The molecule has 0 bridgehead atoms. The summed E-state index contributed by atoms with van der Waals surface area (Å²) in [6.45, 7) is 4.91. The molecule has 0 saturated carbocycles. The lowest BCUT2D eigenvalue weighted by Gasteiger charge is -2.06. The lowest BCUT2D eigenvalue weighted by Crippen LogP contribution is -2.21. The van der Waals surface area contributed by atoms with E-state index in [1.54, 1.807) is 11.8 Å². The molecular formula is C13H17BrN4O. The third-order valence-corrected chi connectivity index (χ3v) is 3.30. The first-order valence-electron chi connectivity index (χ1n) is 6.08. The highest BCUT2D eigenvalue weighted by atomic mass is 79.9. The van der Waals surface area contributed by atoms with E-state index < -0.39 is 0 Å². The third kappa shape index (κ3) is 3.54. The Morgan fingerprint density at radius 1 is 1.42 bits per heavy atom. The van der Waals surface area contributed by atoms with Crippen LogP contribution in [0, 0.1) is 0 Å². The molecule has 1 N–H and O–H groups in total. The summed E-state index contributed by atoms with van der Waals surface area (Å²) < 4.78 is 7.91. The summed E-state index contributed by atoms with van der Waals surface area (Å²) in [5.41, 5.74) is 1.81. The second kappa shape index (κ2) is 6.16. The molecule has 102 valence electrons. The van der Waals surface area contributed by atoms with E-state index in [1.165, 1.54) is 0 Å². The fraction of sp³-hybridized carbons (Fsp3) is 0.385. The van der Waals surface area contributed by atoms with Gasteiger partial charge < -0.3 is 10.1 Å². The molecule has 1 heterocycles. The van der Waals surface area contributed by atoms with Crippen LogP contribution in [0.15, 0.2) is 28.9 Å². The Kier molecular flexibility index (Phi) is 4.55. The highest BCUT2D eigenvalue weighted by Crippen LogP contribution is 2.25. The minimum Gasteiger partial charge on any atom is -0.497 e. The van der Waals surface area contributed by atoms with Crippen molar-refractivity contribution in [1.82, 2.24) is 20.3 Å². The number of nitrogens with one attached hydrogen (secondary N) is 1. The van der Waals surface area contributed by atoms with Crippen LogP contribution in [-0.2, 0) is 6.54 Å². The topological polar surface area (TPSA) is 52.0 Å². The van der Waals surface area contributed by atoms with Crippen LogP contribution in [0.1, 0.15) is 19.5 Å². The SMILES string of the molecule is COc1ccc(Br)c(-n2cc(CNC(C)C)nn2)c1. The van der Waals surface area contributed by atoms with Crippen LogP contribution in [0.5, 0.6) is 5.75 Å². The number of benzene rings is 1. The first-order valence-corrected chi connectivity index (χ1v) is 6.88. The van der Waals surface area contributed by atoms with E-state index in [9.17, 15) is 0 Å². The van der Waals surface area contributed by atoms with Crippen LogP contribution in [0.2, 0.25) is 0 Å². The Labute approximate surface area is 121 Å².